The van der Waals surface area contributed by atoms with E-state index < -0.39 is 0 Å². The Bertz CT molecular complexity index is 1050. The number of nitrogens with one attached hydrogen (secondary N) is 1. The van der Waals surface area contributed by atoms with E-state index in [4.69, 9.17) is 14.2 Å². The van der Waals surface area contributed by atoms with Gasteiger partial charge >= 0.3 is 0 Å². The van der Waals surface area contributed by atoms with Crippen molar-refractivity contribution in [3.8, 4) is 28.6 Å². The highest BCUT2D eigenvalue weighted by Crippen LogP contribution is 2.32. The average Bonchev–Trinajstić information content (AvgIpc) is 3.43. The van der Waals surface area contributed by atoms with Gasteiger partial charge in [0.05, 0.1) is 26.5 Å². The van der Waals surface area contributed by atoms with Crippen LogP contribution in [0, 0.1) is 6.92 Å². The number of aromatic nitrogens is 3. The summed E-state index contributed by atoms with van der Waals surface area (Å²) >= 11 is 0. The van der Waals surface area contributed by atoms with E-state index in [1.807, 2.05) is 43.3 Å². The molecule has 1 amide bonds. The number of pyridine rings is 1. The molecule has 1 aliphatic rings. The zero-order valence-electron chi connectivity index (χ0n) is 17.2. The fraction of sp³-hybridized carbons (Fsp3) is 0.318. The number of H-pyrrole nitrogens is 1. The Labute approximate surface area is 174 Å². The summed E-state index contributed by atoms with van der Waals surface area (Å²) < 4.78 is 16.7. The van der Waals surface area contributed by atoms with E-state index >= 15 is 0 Å². The van der Waals surface area contributed by atoms with Crippen LogP contribution in [-0.2, 0) is 0 Å². The maximum absolute atomic E-state index is 12.9. The molecule has 4 rings (SSSR count). The van der Waals surface area contributed by atoms with Crippen molar-refractivity contribution in [1.29, 1.82) is 0 Å². The predicted octanol–water partition coefficient (Wildman–Crippen LogP) is 3.09. The summed E-state index contributed by atoms with van der Waals surface area (Å²) in [6, 6.07) is 12.9. The fourth-order valence-electron chi connectivity index (χ4n) is 3.52. The molecule has 0 spiro atoms. The number of benzene rings is 1. The molecule has 3 heterocycles. The quantitative estimate of drug-likeness (QED) is 0.674. The first-order valence-corrected chi connectivity index (χ1v) is 9.75. The Hall–Kier alpha value is -3.55. The number of methoxy groups -OCH3 is 2. The van der Waals surface area contributed by atoms with E-state index in [-0.39, 0.29) is 12.0 Å². The Balaban J connectivity index is 1.46. The molecule has 0 saturated carbocycles. The van der Waals surface area contributed by atoms with Crippen LogP contribution in [0.15, 0.2) is 42.5 Å². The second-order valence-electron chi connectivity index (χ2n) is 7.13. The number of carbonyl (C=O) groups excluding carboxylic acids is 1. The number of nitrogens with zero attached hydrogens (tertiary/aromatic N) is 3. The van der Waals surface area contributed by atoms with Crippen molar-refractivity contribution in [2.24, 2.45) is 0 Å². The van der Waals surface area contributed by atoms with Crippen LogP contribution in [0.5, 0.6) is 17.4 Å². The van der Waals surface area contributed by atoms with Gasteiger partial charge in [0.2, 0.25) is 5.88 Å². The fourth-order valence-corrected chi connectivity index (χ4v) is 3.52. The molecule has 1 aliphatic heterocycles. The first-order chi connectivity index (χ1) is 14.6. The molecule has 0 aliphatic carbocycles. The lowest BCUT2D eigenvalue weighted by Gasteiger charge is -2.16. The summed E-state index contributed by atoms with van der Waals surface area (Å²) in [6.07, 6.45) is 0.676. The van der Waals surface area contributed by atoms with Crippen LogP contribution in [0.4, 0.5) is 0 Å². The summed E-state index contributed by atoms with van der Waals surface area (Å²) in [5.41, 5.74) is 2.69. The van der Waals surface area contributed by atoms with Gasteiger partial charge < -0.3 is 19.1 Å². The molecule has 2 aromatic heterocycles. The van der Waals surface area contributed by atoms with Gasteiger partial charge in [0.15, 0.2) is 0 Å². The first kappa shape index (κ1) is 19.8. The lowest BCUT2D eigenvalue weighted by molar-refractivity contribution is 0.0765. The van der Waals surface area contributed by atoms with Gasteiger partial charge in [-0.1, -0.05) is 6.07 Å². The van der Waals surface area contributed by atoms with Crippen LogP contribution in [0.2, 0.25) is 0 Å². The van der Waals surface area contributed by atoms with Crippen molar-refractivity contribution < 1.29 is 19.0 Å². The third kappa shape index (κ3) is 4.07. The summed E-state index contributed by atoms with van der Waals surface area (Å²) in [7, 11) is 3.20. The zero-order valence-corrected chi connectivity index (χ0v) is 17.2. The largest absolute Gasteiger partial charge is 0.497 e. The van der Waals surface area contributed by atoms with Crippen LogP contribution < -0.4 is 14.2 Å². The SMILES string of the molecule is COc1ccc(OC)c(-c2cc(C(=O)N3CCC(Oc4cccc(C)n4)C3)[nH]n2)c1. The van der Waals surface area contributed by atoms with Crippen LogP contribution in [0.3, 0.4) is 0 Å². The number of rotatable bonds is 6. The molecule has 8 heteroatoms. The summed E-state index contributed by atoms with van der Waals surface area (Å²) in [5, 5.41) is 7.16. The highest BCUT2D eigenvalue weighted by atomic mass is 16.5. The van der Waals surface area contributed by atoms with E-state index in [9.17, 15) is 4.79 Å². The molecule has 156 valence electrons. The van der Waals surface area contributed by atoms with Crippen LogP contribution in [0.25, 0.3) is 11.3 Å². The molecule has 1 N–H and O–H groups in total. The first-order valence-electron chi connectivity index (χ1n) is 9.75. The van der Waals surface area contributed by atoms with E-state index in [2.05, 4.69) is 15.2 Å². The van der Waals surface area contributed by atoms with E-state index in [0.717, 1.165) is 17.7 Å². The molecule has 3 aromatic rings. The predicted molar refractivity (Wildman–Crippen MR) is 111 cm³/mol. The van der Waals surface area contributed by atoms with Gasteiger partial charge in [-0.05, 0) is 37.3 Å². The van der Waals surface area contributed by atoms with Crippen molar-refractivity contribution in [2.45, 2.75) is 19.4 Å². The van der Waals surface area contributed by atoms with Gasteiger partial charge in [-0.15, -0.1) is 0 Å². The molecule has 0 bridgehead atoms. The molecular weight excluding hydrogens is 384 g/mol. The normalized spacial score (nSPS) is 15.8. The Morgan fingerprint density at radius 2 is 2.03 bits per heavy atom. The lowest BCUT2D eigenvalue weighted by Crippen LogP contribution is -2.31. The Kier molecular flexibility index (Phi) is 5.56. The van der Waals surface area contributed by atoms with Crippen LogP contribution in [0.1, 0.15) is 22.6 Å². The molecule has 1 unspecified atom stereocenters. The van der Waals surface area contributed by atoms with Crippen molar-refractivity contribution in [3.05, 3.63) is 53.9 Å². The molecule has 30 heavy (non-hydrogen) atoms. The highest BCUT2D eigenvalue weighted by molar-refractivity contribution is 5.93. The van der Waals surface area contributed by atoms with Gasteiger partial charge in [-0.2, -0.15) is 5.10 Å². The smallest absolute Gasteiger partial charge is 0.272 e. The van der Waals surface area contributed by atoms with Crippen molar-refractivity contribution in [2.75, 3.05) is 27.3 Å². The zero-order chi connectivity index (χ0) is 21.1. The van der Waals surface area contributed by atoms with Gasteiger partial charge in [0.25, 0.3) is 5.91 Å². The van der Waals surface area contributed by atoms with E-state index in [0.29, 0.717) is 41.9 Å². The minimum absolute atomic E-state index is 0.0795. The van der Waals surface area contributed by atoms with Crippen LogP contribution in [-0.4, -0.2) is 59.4 Å². The molecule has 0 radical (unpaired) electrons. The van der Waals surface area contributed by atoms with Crippen LogP contribution >= 0.6 is 0 Å². The van der Waals surface area contributed by atoms with Crippen molar-refractivity contribution >= 4 is 5.91 Å². The number of aryl methyl sites for hydroxylation is 1. The summed E-state index contributed by atoms with van der Waals surface area (Å²) in [5.74, 6) is 1.81. The standard InChI is InChI=1S/C22H24N4O4/c1-14-5-4-6-21(23-14)30-16-9-10-26(13-16)22(27)19-12-18(24-25-19)17-11-15(28-2)7-8-20(17)29-3/h4-8,11-12,16H,9-10,13H2,1-3H3,(H,24,25). The number of carbonyl (C=O) groups is 1. The van der Waals surface area contributed by atoms with Gasteiger partial charge in [-0.3, -0.25) is 9.89 Å². The lowest BCUT2D eigenvalue weighted by atomic mass is 10.1. The van der Waals surface area contributed by atoms with E-state index in [1.165, 1.54) is 0 Å². The number of likely N-dealkylation sites (tertiary alicyclic amines) is 1. The van der Waals surface area contributed by atoms with Gasteiger partial charge in [0, 0.05) is 30.3 Å². The molecule has 1 atom stereocenters. The maximum Gasteiger partial charge on any atom is 0.272 e. The summed E-state index contributed by atoms with van der Waals surface area (Å²) in [4.78, 5) is 19.1. The summed E-state index contributed by atoms with van der Waals surface area (Å²) in [6.45, 7) is 3.04. The third-order valence-electron chi connectivity index (χ3n) is 5.07. The van der Waals surface area contributed by atoms with Crippen molar-refractivity contribution in [3.63, 3.8) is 0 Å². The number of amides is 1. The van der Waals surface area contributed by atoms with E-state index in [1.54, 1.807) is 25.2 Å². The van der Waals surface area contributed by atoms with Crippen molar-refractivity contribution in [1.82, 2.24) is 20.1 Å². The molecular formula is C22H24N4O4. The monoisotopic (exact) mass is 408 g/mol. The number of aromatic amines is 1. The second kappa shape index (κ2) is 8.44. The highest BCUT2D eigenvalue weighted by Gasteiger charge is 2.29. The number of ether oxygens (including phenoxy) is 3. The Morgan fingerprint density at radius 1 is 1.17 bits per heavy atom. The minimum atomic E-state index is -0.112. The minimum Gasteiger partial charge on any atom is -0.497 e. The van der Waals surface area contributed by atoms with Gasteiger partial charge in [-0.25, -0.2) is 4.98 Å². The van der Waals surface area contributed by atoms with Gasteiger partial charge in [0.1, 0.15) is 23.3 Å². The topological polar surface area (TPSA) is 89.6 Å². The third-order valence-corrected chi connectivity index (χ3v) is 5.07. The average molecular weight is 408 g/mol. The second-order valence-corrected chi connectivity index (χ2v) is 7.13. The Morgan fingerprint density at radius 3 is 2.80 bits per heavy atom. The number of hydrogen-bond donors (Lipinski definition) is 1. The maximum atomic E-state index is 12.9. The number of hydrogen-bond acceptors (Lipinski definition) is 6. The molecule has 8 nitrogen and oxygen atoms in total. The molecule has 1 aromatic carbocycles. The molecule has 1 saturated heterocycles. The molecule has 1 fully saturated rings.